The van der Waals surface area contributed by atoms with Gasteiger partial charge in [0.1, 0.15) is 0 Å². The maximum Gasteiger partial charge on any atom is 0.401 e. The number of hydrogen-bond acceptors (Lipinski definition) is 3. The normalized spacial score (nSPS) is 20.5. The Balaban J connectivity index is 2.13. The summed E-state index contributed by atoms with van der Waals surface area (Å²) in [6, 6.07) is -0.314. The maximum atomic E-state index is 12.2. The number of rotatable bonds is 6. The van der Waals surface area contributed by atoms with Gasteiger partial charge >= 0.3 is 12.2 Å². The van der Waals surface area contributed by atoms with Crippen molar-refractivity contribution >= 4 is 6.03 Å². The zero-order chi connectivity index (χ0) is 14.3. The minimum absolute atomic E-state index is 0.0792. The number of halogens is 3. The molecule has 0 spiro atoms. The van der Waals surface area contributed by atoms with Crippen molar-refractivity contribution in [1.29, 1.82) is 0 Å². The number of nitrogens with one attached hydrogen (secondary N) is 2. The number of nitrogens with zero attached hydrogens (tertiary/aromatic N) is 1. The van der Waals surface area contributed by atoms with Crippen molar-refractivity contribution in [2.75, 3.05) is 46.4 Å². The first-order valence-corrected chi connectivity index (χ1v) is 6.20. The Morgan fingerprint density at radius 3 is 2.79 bits per heavy atom. The fraction of sp³-hybridized carbons (Fsp3) is 0.909. The summed E-state index contributed by atoms with van der Waals surface area (Å²) in [5, 5.41) is 5.24. The topological polar surface area (TPSA) is 53.6 Å². The lowest BCUT2D eigenvalue weighted by molar-refractivity contribution is -0.143. The third kappa shape index (κ3) is 7.22. The fourth-order valence-electron chi connectivity index (χ4n) is 2.04. The zero-order valence-corrected chi connectivity index (χ0v) is 10.9. The average molecular weight is 283 g/mol. The van der Waals surface area contributed by atoms with Crippen molar-refractivity contribution in [3.63, 3.8) is 0 Å². The fourth-order valence-corrected chi connectivity index (χ4v) is 2.04. The number of carbonyl (C=O) groups excluding carboxylic acids is 1. The van der Waals surface area contributed by atoms with Crippen LogP contribution in [0.15, 0.2) is 0 Å². The molecular weight excluding hydrogens is 263 g/mol. The molecule has 0 aliphatic carbocycles. The van der Waals surface area contributed by atoms with Gasteiger partial charge in [-0.3, -0.25) is 4.90 Å². The number of alkyl halides is 3. The molecule has 1 aliphatic heterocycles. The summed E-state index contributed by atoms with van der Waals surface area (Å²) in [5.74, 6) is 0.0792. The van der Waals surface area contributed by atoms with E-state index in [0.717, 1.165) is 0 Å². The second kappa shape index (κ2) is 7.54. The van der Waals surface area contributed by atoms with Gasteiger partial charge < -0.3 is 15.4 Å². The number of hydrogen-bond donors (Lipinski definition) is 2. The van der Waals surface area contributed by atoms with Crippen molar-refractivity contribution < 1.29 is 22.7 Å². The van der Waals surface area contributed by atoms with Crippen molar-refractivity contribution in [3.8, 4) is 0 Å². The maximum absolute atomic E-state index is 12.2. The molecule has 1 aliphatic rings. The number of methoxy groups -OCH3 is 1. The summed E-state index contributed by atoms with van der Waals surface area (Å²) in [7, 11) is 1.54. The van der Waals surface area contributed by atoms with Crippen LogP contribution in [0.25, 0.3) is 0 Å². The van der Waals surface area contributed by atoms with Crippen LogP contribution in [0.2, 0.25) is 0 Å². The number of urea groups is 1. The lowest BCUT2D eigenvalue weighted by Gasteiger charge is -2.18. The molecule has 1 fully saturated rings. The first kappa shape index (κ1) is 16.0. The minimum atomic E-state index is -4.15. The van der Waals surface area contributed by atoms with Crippen LogP contribution >= 0.6 is 0 Å². The SMILES string of the molecule is COCCNC(=O)NCC1CCN(CC(F)(F)F)C1. The molecule has 0 saturated carbocycles. The van der Waals surface area contributed by atoms with E-state index in [2.05, 4.69) is 10.6 Å². The minimum Gasteiger partial charge on any atom is -0.383 e. The van der Waals surface area contributed by atoms with E-state index in [9.17, 15) is 18.0 Å². The molecule has 19 heavy (non-hydrogen) atoms. The second-order valence-electron chi connectivity index (χ2n) is 4.63. The van der Waals surface area contributed by atoms with Crippen LogP contribution in [0, 0.1) is 5.92 Å². The molecule has 2 amide bonds. The number of likely N-dealkylation sites (tertiary alicyclic amines) is 1. The molecule has 0 aromatic carbocycles. The Kier molecular flexibility index (Phi) is 6.36. The molecule has 0 aromatic rings. The van der Waals surface area contributed by atoms with E-state index in [1.165, 1.54) is 12.0 Å². The van der Waals surface area contributed by atoms with Crippen LogP contribution in [0.3, 0.4) is 0 Å². The highest BCUT2D eigenvalue weighted by molar-refractivity contribution is 5.73. The van der Waals surface area contributed by atoms with E-state index < -0.39 is 12.7 Å². The summed E-state index contributed by atoms with van der Waals surface area (Å²) >= 11 is 0. The van der Waals surface area contributed by atoms with Crippen LogP contribution in [0.5, 0.6) is 0 Å². The largest absolute Gasteiger partial charge is 0.401 e. The van der Waals surface area contributed by atoms with Crippen LogP contribution in [-0.4, -0.2) is 63.5 Å². The van der Waals surface area contributed by atoms with Crippen molar-refractivity contribution in [1.82, 2.24) is 15.5 Å². The van der Waals surface area contributed by atoms with Gasteiger partial charge in [0, 0.05) is 26.7 Å². The van der Waals surface area contributed by atoms with Gasteiger partial charge in [-0.15, -0.1) is 0 Å². The van der Waals surface area contributed by atoms with Gasteiger partial charge in [0.2, 0.25) is 0 Å². The van der Waals surface area contributed by atoms with Crippen molar-refractivity contribution in [3.05, 3.63) is 0 Å². The van der Waals surface area contributed by atoms with Gasteiger partial charge in [0.05, 0.1) is 13.2 Å². The quantitative estimate of drug-likeness (QED) is 0.710. The van der Waals surface area contributed by atoms with Gasteiger partial charge in [0.15, 0.2) is 0 Å². The Hall–Kier alpha value is -1.02. The summed E-state index contributed by atoms with van der Waals surface area (Å²) in [6.45, 7) is 1.16. The molecule has 112 valence electrons. The van der Waals surface area contributed by atoms with Gasteiger partial charge in [0.25, 0.3) is 0 Å². The highest BCUT2D eigenvalue weighted by Gasteiger charge is 2.34. The Morgan fingerprint density at radius 1 is 1.42 bits per heavy atom. The first-order chi connectivity index (χ1) is 8.90. The number of ether oxygens (including phenoxy) is 1. The Morgan fingerprint density at radius 2 is 2.16 bits per heavy atom. The lowest BCUT2D eigenvalue weighted by atomic mass is 10.1. The van der Waals surface area contributed by atoms with E-state index in [1.807, 2.05) is 0 Å². The van der Waals surface area contributed by atoms with Gasteiger partial charge in [-0.1, -0.05) is 0 Å². The Labute approximate surface area is 110 Å². The molecule has 1 unspecified atom stereocenters. The molecule has 1 rings (SSSR count). The number of amides is 2. The zero-order valence-electron chi connectivity index (χ0n) is 10.9. The predicted molar refractivity (Wildman–Crippen MR) is 63.9 cm³/mol. The average Bonchev–Trinajstić information content (AvgIpc) is 2.72. The van der Waals surface area contributed by atoms with Gasteiger partial charge in [-0.25, -0.2) is 4.79 Å². The Bertz CT molecular complexity index is 287. The van der Waals surface area contributed by atoms with Crippen LogP contribution < -0.4 is 10.6 Å². The number of carbonyl (C=O) groups is 1. The van der Waals surface area contributed by atoms with E-state index in [4.69, 9.17) is 4.74 Å². The molecule has 1 heterocycles. The first-order valence-electron chi connectivity index (χ1n) is 6.20. The molecule has 0 bridgehead atoms. The molecule has 5 nitrogen and oxygen atoms in total. The monoisotopic (exact) mass is 283 g/mol. The van der Waals surface area contributed by atoms with Crippen LogP contribution in [0.1, 0.15) is 6.42 Å². The third-order valence-corrected chi connectivity index (χ3v) is 2.92. The predicted octanol–water partition coefficient (Wildman–Crippen LogP) is 0.816. The highest BCUT2D eigenvalue weighted by atomic mass is 19.4. The van der Waals surface area contributed by atoms with Crippen LogP contribution in [0.4, 0.5) is 18.0 Å². The molecule has 2 N–H and O–H groups in total. The molecule has 0 aromatic heterocycles. The third-order valence-electron chi connectivity index (χ3n) is 2.92. The van der Waals surface area contributed by atoms with Gasteiger partial charge in [-0.2, -0.15) is 13.2 Å². The molecule has 0 radical (unpaired) electrons. The van der Waals surface area contributed by atoms with Crippen molar-refractivity contribution in [2.24, 2.45) is 5.92 Å². The molecule has 1 saturated heterocycles. The van der Waals surface area contributed by atoms with E-state index in [0.29, 0.717) is 39.2 Å². The van der Waals surface area contributed by atoms with E-state index >= 15 is 0 Å². The molecular formula is C11H20F3N3O2. The molecule has 8 heteroatoms. The standard InChI is InChI=1S/C11H20F3N3O2/c1-19-5-3-15-10(18)16-6-9-2-4-17(7-9)8-11(12,13)14/h9H,2-8H2,1H3,(H2,15,16,18). The highest BCUT2D eigenvalue weighted by Crippen LogP contribution is 2.22. The summed E-state index contributed by atoms with van der Waals surface area (Å²) in [4.78, 5) is 12.7. The van der Waals surface area contributed by atoms with Crippen LogP contribution in [-0.2, 0) is 4.74 Å². The smallest absolute Gasteiger partial charge is 0.383 e. The van der Waals surface area contributed by atoms with E-state index in [-0.39, 0.29) is 11.9 Å². The summed E-state index contributed by atoms with van der Waals surface area (Å²) < 4.78 is 41.3. The van der Waals surface area contributed by atoms with E-state index in [1.54, 1.807) is 0 Å². The summed E-state index contributed by atoms with van der Waals surface area (Å²) in [6.07, 6.45) is -3.48. The van der Waals surface area contributed by atoms with Gasteiger partial charge in [-0.05, 0) is 18.9 Å². The van der Waals surface area contributed by atoms with Crippen molar-refractivity contribution in [2.45, 2.75) is 12.6 Å². The molecule has 1 atom stereocenters. The lowest BCUT2D eigenvalue weighted by Crippen LogP contribution is -2.40. The summed E-state index contributed by atoms with van der Waals surface area (Å²) in [5.41, 5.74) is 0. The second-order valence-corrected chi connectivity index (χ2v) is 4.63.